The minimum atomic E-state index is -0.184. The molecule has 0 radical (unpaired) electrons. The Morgan fingerprint density at radius 2 is 2.03 bits per heavy atom. The number of imidazole rings is 1. The van der Waals surface area contributed by atoms with Gasteiger partial charge in [0.05, 0.1) is 25.1 Å². The van der Waals surface area contributed by atoms with Crippen LogP contribution in [0.3, 0.4) is 0 Å². The summed E-state index contributed by atoms with van der Waals surface area (Å²) in [5.74, 6) is 2.63. The first-order valence-electron chi connectivity index (χ1n) is 10.5. The van der Waals surface area contributed by atoms with Gasteiger partial charge in [0.25, 0.3) is 5.56 Å². The summed E-state index contributed by atoms with van der Waals surface area (Å²) in [6.07, 6.45) is 4.61. The van der Waals surface area contributed by atoms with Crippen molar-refractivity contribution in [3.8, 4) is 22.9 Å². The molecular formula is C24H25N5O3. The molecule has 0 saturated heterocycles. The van der Waals surface area contributed by atoms with E-state index in [1.165, 1.54) is 11.1 Å². The summed E-state index contributed by atoms with van der Waals surface area (Å²) in [6, 6.07) is 8.07. The zero-order chi connectivity index (χ0) is 22.4. The average Bonchev–Trinajstić information content (AvgIpc) is 3.23. The third kappa shape index (κ3) is 3.10. The van der Waals surface area contributed by atoms with Crippen LogP contribution in [0.4, 0.5) is 5.95 Å². The van der Waals surface area contributed by atoms with E-state index in [9.17, 15) is 4.79 Å². The Hall–Kier alpha value is -3.81. The number of aromatic nitrogens is 4. The van der Waals surface area contributed by atoms with Gasteiger partial charge in [-0.1, -0.05) is 18.2 Å². The van der Waals surface area contributed by atoms with Gasteiger partial charge < -0.3 is 18.9 Å². The lowest BCUT2D eigenvalue weighted by Crippen LogP contribution is -2.33. The molecule has 0 fully saturated rings. The van der Waals surface area contributed by atoms with Gasteiger partial charge in [-0.25, -0.2) is 9.97 Å². The molecule has 0 saturated carbocycles. The lowest BCUT2D eigenvalue weighted by Gasteiger charge is -2.30. The van der Waals surface area contributed by atoms with E-state index in [4.69, 9.17) is 14.5 Å². The molecule has 164 valence electrons. The fourth-order valence-electron chi connectivity index (χ4n) is 4.61. The van der Waals surface area contributed by atoms with E-state index in [0.717, 1.165) is 24.4 Å². The lowest BCUT2D eigenvalue weighted by atomic mass is 9.94. The first kappa shape index (κ1) is 20.1. The maximum atomic E-state index is 13.0. The van der Waals surface area contributed by atoms with Crippen molar-refractivity contribution in [1.29, 1.82) is 0 Å². The average molecular weight is 431 g/mol. The highest BCUT2D eigenvalue weighted by Gasteiger charge is 2.23. The molecule has 8 nitrogen and oxygen atoms in total. The van der Waals surface area contributed by atoms with Gasteiger partial charge in [0.15, 0.2) is 11.5 Å². The molecule has 2 aromatic heterocycles. The van der Waals surface area contributed by atoms with Crippen molar-refractivity contribution in [1.82, 2.24) is 19.5 Å². The first-order chi connectivity index (χ1) is 15.5. The van der Waals surface area contributed by atoms with Crippen molar-refractivity contribution in [2.45, 2.75) is 19.9 Å². The van der Waals surface area contributed by atoms with Gasteiger partial charge in [-0.2, -0.15) is 0 Å². The van der Waals surface area contributed by atoms with E-state index in [2.05, 4.69) is 33.1 Å². The summed E-state index contributed by atoms with van der Waals surface area (Å²) in [5.41, 5.74) is 4.78. The van der Waals surface area contributed by atoms with Crippen molar-refractivity contribution < 1.29 is 9.47 Å². The molecule has 8 heteroatoms. The van der Waals surface area contributed by atoms with Crippen LogP contribution >= 0.6 is 0 Å². The molecule has 32 heavy (non-hydrogen) atoms. The largest absolute Gasteiger partial charge is 0.493 e. The summed E-state index contributed by atoms with van der Waals surface area (Å²) >= 11 is 0. The summed E-state index contributed by atoms with van der Waals surface area (Å²) in [6.45, 7) is 3.25. The molecule has 2 aromatic carbocycles. The van der Waals surface area contributed by atoms with Crippen LogP contribution in [0.2, 0.25) is 0 Å². The van der Waals surface area contributed by atoms with Crippen LogP contribution in [0.1, 0.15) is 16.7 Å². The van der Waals surface area contributed by atoms with Gasteiger partial charge in [-0.3, -0.25) is 9.78 Å². The minimum Gasteiger partial charge on any atom is -0.493 e. The van der Waals surface area contributed by atoms with Crippen LogP contribution in [0.15, 0.2) is 41.5 Å². The molecule has 0 atom stereocenters. The Kier molecular flexibility index (Phi) is 4.84. The molecule has 5 rings (SSSR count). The van der Waals surface area contributed by atoms with Gasteiger partial charge >= 0.3 is 0 Å². The Balaban J connectivity index is 1.56. The number of nitrogens with one attached hydrogen (secondary N) is 1. The second kappa shape index (κ2) is 7.71. The van der Waals surface area contributed by atoms with Gasteiger partial charge in [-0.05, 0) is 24.5 Å². The molecular weight excluding hydrogens is 406 g/mol. The predicted molar refractivity (Wildman–Crippen MR) is 124 cm³/mol. The SMILES string of the molecule is COc1cc2nc(N3CCc4c(cccc4-c4nccn4C)C3)[nH]c(=O)c2c(C)c1OC. The molecule has 3 heterocycles. The zero-order valence-corrected chi connectivity index (χ0v) is 18.6. The number of rotatable bonds is 4. The normalized spacial score (nSPS) is 13.3. The van der Waals surface area contributed by atoms with Crippen LogP contribution in [0.25, 0.3) is 22.3 Å². The third-order valence-corrected chi connectivity index (χ3v) is 6.19. The second-order valence-corrected chi connectivity index (χ2v) is 8.00. The van der Waals surface area contributed by atoms with Gasteiger partial charge in [0, 0.05) is 49.7 Å². The fourth-order valence-corrected chi connectivity index (χ4v) is 4.61. The summed E-state index contributed by atoms with van der Waals surface area (Å²) in [5, 5.41) is 0.515. The van der Waals surface area contributed by atoms with E-state index >= 15 is 0 Å². The molecule has 1 aliphatic rings. The highest BCUT2D eigenvalue weighted by Crippen LogP contribution is 2.36. The highest BCUT2D eigenvalue weighted by atomic mass is 16.5. The van der Waals surface area contributed by atoms with Crippen molar-refractivity contribution in [3.63, 3.8) is 0 Å². The van der Waals surface area contributed by atoms with E-state index in [1.54, 1.807) is 20.3 Å². The number of anilines is 1. The van der Waals surface area contributed by atoms with Crippen LogP contribution in [0.5, 0.6) is 11.5 Å². The van der Waals surface area contributed by atoms with E-state index in [1.807, 2.05) is 30.9 Å². The molecule has 0 unspecified atom stereocenters. The van der Waals surface area contributed by atoms with Gasteiger partial charge in [0.2, 0.25) is 5.95 Å². The van der Waals surface area contributed by atoms with Crippen molar-refractivity contribution in [3.05, 3.63) is 63.7 Å². The Morgan fingerprint density at radius 3 is 2.75 bits per heavy atom. The second-order valence-electron chi connectivity index (χ2n) is 8.00. The molecule has 0 spiro atoms. The number of aromatic amines is 1. The number of H-pyrrole nitrogens is 1. The van der Waals surface area contributed by atoms with Gasteiger partial charge in [0.1, 0.15) is 5.82 Å². The van der Waals surface area contributed by atoms with Crippen molar-refractivity contribution in [2.24, 2.45) is 7.05 Å². The van der Waals surface area contributed by atoms with Gasteiger partial charge in [-0.15, -0.1) is 0 Å². The van der Waals surface area contributed by atoms with E-state index in [0.29, 0.717) is 40.5 Å². The van der Waals surface area contributed by atoms with Crippen molar-refractivity contribution >= 4 is 16.9 Å². The zero-order valence-electron chi connectivity index (χ0n) is 18.6. The molecule has 0 aliphatic carbocycles. The smallest absolute Gasteiger partial charge is 0.260 e. The minimum absolute atomic E-state index is 0.184. The van der Waals surface area contributed by atoms with Crippen LogP contribution in [-0.2, 0) is 20.0 Å². The van der Waals surface area contributed by atoms with E-state index < -0.39 is 0 Å². The van der Waals surface area contributed by atoms with Crippen LogP contribution in [0, 0.1) is 6.92 Å². The fraction of sp³-hybridized carbons (Fsp3) is 0.292. The Labute approximate surface area is 185 Å². The van der Waals surface area contributed by atoms with Crippen molar-refractivity contribution in [2.75, 3.05) is 25.7 Å². The first-order valence-corrected chi connectivity index (χ1v) is 10.5. The number of aryl methyl sites for hydroxylation is 2. The molecule has 4 aromatic rings. The predicted octanol–water partition coefficient (Wildman–Crippen LogP) is 3.21. The molecule has 1 N–H and O–H groups in total. The number of benzene rings is 2. The number of methoxy groups -OCH3 is 2. The Morgan fingerprint density at radius 1 is 1.19 bits per heavy atom. The third-order valence-electron chi connectivity index (χ3n) is 6.19. The number of fused-ring (bicyclic) bond motifs is 2. The lowest BCUT2D eigenvalue weighted by molar-refractivity contribution is 0.354. The summed E-state index contributed by atoms with van der Waals surface area (Å²) in [7, 11) is 5.15. The number of nitrogens with zero attached hydrogens (tertiary/aromatic N) is 4. The molecule has 0 bridgehead atoms. The summed E-state index contributed by atoms with van der Waals surface area (Å²) in [4.78, 5) is 27.4. The topological polar surface area (TPSA) is 85.3 Å². The van der Waals surface area contributed by atoms with Crippen LogP contribution < -0.4 is 19.9 Å². The maximum absolute atomic E-state index is 13.0. The molecule has 1 aliphatic heterocycles. The van der Waals surface area contributed by atoms with E-state index in [-0.39, 0.29) is 5.56 Å². The summed E-state index contributed by atoms with van der Waals surface area (Å²) < 4.78 is 12.9. The highest BCUT2D eigenvalue weighted by molar-refractivity contribution is 5.87. The number of ether oxygens (including phenoxy) is 2. The number of hydrogen-bond acceptors (Lipinski definition) is 6. The Bertz CT molecular complexity index is 1390. The maximum Gasteiger partial charge on any atom is 0.260 e. The standard InChI is InChI=1S/C24H25N5O3/c1-14-20-18(12-19(31-3)21(14)32-4)26-24(27-23(20)30)29-10-8-16-15(13-29)6-5-7-17(16)22-25-9-11-28(22)2/h5-7,9,11-12H,8,10,13H2,1-4H3,(H,26,27,30). The number of hydrogen-bond donors (Lipinski definition) is 1. The van der Waals surface area contributed by atoms with Crippen LogP contribution in [-0.4, -0.2) is 40.3 Å². The molecule has 0 amide bonds. The monoisotopic (exact) mass is 431 g/mol. The quantitative estimate of drug-likeness (QED) is 0.534.